The van der Waals surface area contributed by atoms with Crippen molar-refractivity contribution in [2.45, 2.75) is 32.2 Å². The molecule has 6 heteroatoms. The van der Waals surface area contributed by atoms with Gasteiger partial charge in [-0.3, -0.25) is 9.98 Å². The molecule has 0 aliphatic carbocycles. The summed E-state index contributed by atoms with van der Waals surface area (Å²) in [5, 5.41) is 7.99. The van der Waals surface area contributed by atoms with Crippen LogP contribution in [0.4, 0.5) is 0 Å². The predicted octanol–water partition coefficient (Wildman–Crippen LogP) is 2.50. The fourth-order valence-corrected chi connectivity index (χ4v) is 4.35. The van der Waals surface area contributed by atoms with Crippen LogP contribution in [0.15, 0.2) is 21.1 Å². The maximum atomic E-state index is 4.64. The molecule has 0 bridgehead atoms. The van der Waals surface area contributed by atoms with Crippen LogP contribution in [-0.2, 0) is 0 Å². The average molecular weight is 296 g/mol. The minimum absolute atomic E-state index is 0.121. The van der Waals surface area contributed by atoms with Gasteiger partial charge in [0.15, 0.2) is 10.3 Å². The number of hydrogen-bond acceptors (Lipinski definition) is 6. The minimum atomic E-state index is 0.121. The molecule has 0 aromatic rings. The second kappa shape index (κ2) is 5.40. The van der Waals surface area contributed by atoms with Crippen LogP contribution in [-0.4, -0.2) is 46.2 Å². The lowest BCUT2D eigenvalue weighted by molar-refractivity contribution is 0.507. The number of amidine groups is 2. The second-order valence-electron chi connectivity index (χ2n) is 5.67. The molecular formula is C13H20N4S2. The summed E-state index contributed by atoms with van der Waals surface area (Å²) in [6, 6.07) is 0. The molecule has 0 atom stereocenters. The van der Waals surface area contributed by atoms with E-state index >= 15 is 0 Å². The summed E-state index contributed by atoms with van der Waals surface area (Å²) in [5.41, 5.74) is 1.50. The third-order valence-corrected chi connectivity index (χ3v) is 5.23. The minimum Gasteiger partial charge on any atom is -0.358 e. The Bertz CT molecular complexity index is 454. The summed E-state index contributed by atoms with van der Waals surface area (Å²) in [7, 11) is 0. The van der Waals surface area contributed by atoms with Gasteiger partial charge in [0.25, 0.3) is 0 Å². The molecular weight excluding hydrogens is 276 g/mol. The van der Waals surface area contributed by atoms with E-state index in [-0.39, 0.29) is 5.54 Å². The second-order valence-corrected chi connectivity index (χ2v) is 7.47. The first-order valence-electron chi connectivity index (χ1n) is 6.77. The van der Waals surface area contributed by atoms with E-state index in [1.54, 1.807) is 23.5 Å². The molecule has 0 saturated carbocycles. The first-order chi connectivity index (χ1) is 9.14. The van der Waals surface area contributed by atoms with E-state index in [2.05, 4.69) is 39.5 Å². The first-order valence-corrected chi connectivity index (χ1v) is 8.64. The van der Waals surface area contributed by atoms with Gasteiger partial charge in [-0.05, 0) is 32.1 Å². The van der Waals surface area contributed by atoms with Crippen LogP contribution < -0.4 is 5.32 Å². The highest BCUT2D eigenvalue weighted by molar-refractivity contribution is 8.17. The van der Waals surface area contributed by atoms with Crippen LogP contribution in [0, 0.1) is 0 Å². The van der Waals surface area contributed by atoms with Crippen LogP contribution in [0.2, 0.25) is 0 Å². The van der Waals surface area contributed by atoms with Crippen molar-refractivity contribution in [3.05, 3.63) is 11.1 Å². The third-order valence-electron chi connectivity index (χ3n) is 3.33. The molecule has 0 radical (unpaired) electrons. The molecule has 1 N–H and O–H groups in total. The summed E-state index contributed by atoms with van der Waals surface area (Å²) in [5.74, 6) is 0.980. The standard InChI is InChI=1S/C13H20N4S2/c1-13(2)9-15-11(16-13)18-7-10-8-19-12-14-5-3-4-6-17(10)12/h8H,3-7,9H2,1-2H3,(H,15,16). The molecule has 0 fully saturated rings. The molecule has 19 heavy (non-hydrogen) atoms. The van der Waals surface area contributed by atoms with Gasteiger partial charge >= 0.3 is 0 Å². The molecule has 104 valence electrons. The quantitative estimate of drug-likeness (QED) is 0.850. The Morgan fingerprint density at radius 1 is 1.42 bits per heavy atom. The number of thioether (sulfide) groups is 2. The third kappa shape index (κ3) is 3.11. The molecule has 0 aromatic carbocycles. The molecule has 3 rings (SSSR count). The molecule has 0 amide bonds. The van der Waals surface area contributed by atoms with Gasteiger partial charge in [0.2, 0.25) is 0 Å². The molecule has 3 heterocycles. The summed E-state index contributed by atoms with van der Waals surface area (Å²) in [4.78, 5) is 11.6. The highest BCUT2D eigenvalue weighted by Crippen LogP contribution is 2.31. The summed E-state index contributed by atoms with van der Waals surface area (Å²) in [6.45, 7) is 7.35. The van der Waals surface area contributed by atoms with Crippen molar-refractivity contribution in [2.24, 2.45) is 9.98 Å². The zero-order chi connectivity index (χ0) is 13.3. The van der Waals surface area contributed by atoms with Crippen LogP contribution in [0.5, 0.6) is 0 Å². The molecule has 0 spiro atoms. The zero-order valence-corrected chi connectivity index (χ0v) is 13.1. The van der Waals surface area contributed by atoms with Crippen molar-refractivity contribution in [3.8, 4) is 0 Å². The number of nitrogens with one attached hydrogen (secondary N) is 1. The van der Waals surface area contributed by atoms with Gasteiger partial charge in [0, 0.05) is 24.5 Å². The number of rotatable bonds is 2. The largest absolute Gasteiger partial charge is 0.358 e. The fraction of sp³-hybridized carbons (Fsp3) is 0.692. The van der Waals surface area contributed by atoms with Crippen molar-refractivity contribution >= 4 is 33.9 Å². The van der Waals surface area contributed by atoms with Crippen molar-refractivity contribution < 1.29 is 0 Å². The van der Waals surface area contributed by atoms with Crippen LogP contribution in [0.25, 0.3) is 0 Å². The highest BCUT2D eigenvalue weighted by Gasteiger charge is 2.27. The van der Waals surface area contributed by atoms with Crippen molar-refractivity contribution in [1.82, 2.24) is 10.2 Å². The van der Waals surface area contributed by atoms with Gasteiger partial charge in [-0.1, -0.05) is 23.5 Å². The molecule has 0 unspecified atom stereocenters. The number of hydrogen-bond donors (Lipinski definition) is 1. The normalized spacial score (nSPS) is 25.2. The Labute approximate surface area is 123 Å². The van der Waals surface area contributed by atoms with E-state index in [0.29, 0.717) is 0 Å². The van der Waals surface area contributed by atoms with E-state index in [0.717, 1.165) is 30.6 Å². The fourth-order valence-electron chi connectivity index (χ4n) is 2.26. The van der Waals surface area contributed by atoms with Crippen molar-refractivity contribution in [3.63, 3.8) is 0 Å². The molecule has 0 aromatic heterocycles. The monoisotopic (exact) mass is 296 g/mol. The van der Waals surface area contributed by atoms with Crippen LogP contribution >= 0.6 is 23.5 Å². The smallest absolute Gasteiger partial charge is 0.167 e. The molecule has 3 aliphatic rings. The van der Waals surface area contributed by atoms with Gasteiger partial charge in [-0.2, -0.15) is 0 Å². The lowest BCUT2D eigenvalue weighted by Gasteiger charge is -2.21. The van der Waals surface area contributed by atoms with E-state index in [9.17, 15) is 0 Å². The lowest BCUT2D eigenvalue weighted by atomic mass is 10.1. The van der Waals surface area contributed by atoms with E-state index in [1.807, 2.05) is 0 Å². The molecule has 3 aliphatic heterocycles. The summed E-state index contributed by atoms with van der Waals surface area (Å²) < 4.78 is 0. The van der Waals surface area contributed by atoms with Crippen molar-refractivity contribution in [2.75, 3.05) is 25.4 Å². The van der Waals surface area contributed by atoms with Gasteiger partial charge in [0.1, 0.15) is 0 Å². The van der Waals surface area contributed by atoms with Gasteiger partial charge in [0.05, 0.1) is 12.1 Å². The Morgan fingerprint density at radius 3 is 3.11 bits per heavy atom. The molecule has 0 saturated heterocycles. The Kier molecular flexibility index (Phi) is 3.80. The van der Waals surface area contributed by atoms with Gasteiger partial charge in [-0.25, -0.2) is 0 Å². The first kappa shape index (κ1) is 13.4. The zero-order valence-electron chi connectivity index (χ0n) is 11.5. The van der Waals surface area contributed by atoms with Gasteiger partial charge in [-0.15, -0.1) is 0 Å². The molecule has 4 nitrogen and oxygen atoms in total. The average Bonchev–Trinajstić information content (AvgIpc) is 2.82. The maximum absolute atomic E-state index is 4.64. The Balaban J connectivity index is 1.56. The summed E-state index contributed by atoms with van der Waals surface area (Å²) >= 11 is 3.58. The van der Waals surface area contributed by atoms with E-state index in [4.69, 9.17) is 0 Å². The van der Waals surface area contributed by atoms with E-state index < -0.39 is 0 Å². The number of aliphatic imine (C=N–C) groups is 2. The van der Waals surface area contributed by atoms with Crippen molar-refractivity contribution in [1.29, 1.82) is 0 Å². The SMILES string of the molecule is CC1(C)CN=C(SCC2=CSC3=NCCCCN23)N1. The highest BCUT2D eigenvalue weighted by atomic mass is 32.2. The predicted molar refractivity (Wildman–Crippen MR) is 85.9 cm³/mol. The van der Waals surface area contributed by atoms with Crippen LogP contribution in [0.1, 0.15) is 26.7 Å². The van der Waals surface area contributed by atoms with Gasteiger partial charge < -0.3 is 10.2 Å². The summed E-state index contributed by atoms with van der Waals surface area (Å²) in [6.07, 6.45) is 2.45. The van der Waals surface area contributed by atoms with E-state index in [1.165, 1.54) is 23.7 Å². The number of fused-ring (bicyclic) bond motifs is 1. The number of nitrogens with zero attached hydrogens (tertiary/aromatic N) is 3. The Morgan fingerprint density at radius 2 is 2.32 bits per heavy atom. The Hall–Kier alpha value is -0.620. The topological polar surface area (TPSA) is 40.0 Å². The lowest BCUT2D eigenvalue weighted by Crippen LogP contribution is -2.38. The maximum Gasteiger partial charge on any atom is 0.167 e. The van der Waals surface area contributed by atoms with Crippen LogP contribution in [0.3, 0.4) is 0 Å².